The summed E-state index contributed by atoms with van der Waals surface area (Å²) in [5.41, 5.74) is 0. The number of likely N-dealkylation sites (tertiary alicyclic amines) is 1. The van der Waals surface area contributed by atoms with Gasteiger partial charge in [0.25, 0.3) is 0 Å². The van der Waals surface area contributed by atoms with Crippen molar-refractivity contribution in [3.05, 3.63) is 0 Å². The fraction of sp³-hybridized carbons (Fsp3) is 0.909. The van der Waals surface area contributed by atoms with Crippen molar-refractivity contribution in [3.8, 4) is 0 Å². The monoisotopic (exact) mass is 276 g/mol. The summed E-state index contributed by atoms with van der Waals surface area (Å²) in [6, 6.07) is 0.496. The molecule has 0 bridgehead atoms. The number of hydrogen-bond donors (Lipinski definition) is 1. The van der Waals surface area contributed by atoms with Gasteiger partial charge in [-0.2, -0.15) is 0 Å². The van der Waals surface area contributed by atoms with E-state index in [-0.39, 0.29) is 5.91 Å². The Labute approximate surface area is 101 Å². The largest absolute Gasteiger partial charge is 0.354 e. The van der Waals surface area contributed by atoms with Crippen molar-refractivity contribution in [1.29, 1.82) is 0 Å². The Hall–Kier alpha value is -0.0900. The third kappa shape index (κ3) is 4.11. The van der Waals surface area contributed by atoms with Gasteiger partial charge in [0, 0.05) is 12.6 Å². The second-order valence-electron chi connectivity index (χ2n) is 4.49. The topological polar surface area (TPSA) is 32.3 Å². The fourth-order valence-corrected chi connectivity index (χ4v) is 2.32. The first-order valence-electron chi connectivity index (χ1n) is 5.72. The van der Waals surface area contributed by atoms with E-state index in [1.807, 2.05) is 0 Å². The third-order valence-electron chi connectivity index (χ3n) is 3.01. The number of carbonyl (C=O) groups excluding carboxylic acids is 1. The van der Waals surface area contributed by atoms with E-state index in [0.29, 0.717) is 17.3 Å². The molecule has 0 aromatic carbocycles. The Morgan fingerprint density at radius 2 is 2.00 bits per heavy atom. The van der Waals surface area contributed by atoms with Crippen LogP contribution in [-0.2, 0) is 4.79 Å². The lowest BCUT2D eigenvalue weighted by molar-refractivity contribution is -0.118. The number of nitrogens with one attached hydrogen (secondary N) is 1. The minimum absolute atomic E-state index is 0.0832. The minimum Gasteiger partial charge on any atom is -0.354 e. The van der Waals surface area contributed by atoms with Crippen LogP contribution in [0.1, 0.15) is 26.7 Å². The van der Waals surface area contributed by atoms with Gasteiger partial charge < -0.3 is 5.32 Å². The number of amides is 1. The first-order valence-corrected chi connectivity index (χ1v) is 6.84. The van der Waals surface area contributed by atoms with Gasteiger partial charge in [-0.1, -0.05) is 29.8 Å². The fourth-order valence-electron chi connectivity index (χ4n) is 2.13. The maximum absolute atomic E-state index is 11.2. The van der Waals surface area contributed by atoms with Crippen LogP contribution in [0.15, 0.2) is 0 Å². The van der Waals surface area contributed by atoms with E-state index < -0.39 is 0 Å². The van der Waals surface area contributed by atoms with Crippen molar-refractivity contribution < 1.29 is 4.79 Å². The van der Waals surface area contributed by atoms with Gasteiger partial charge in [-0.3, -0.25) is 9.69 Å². The van der Waals surface area contributed by atoms with E-state index in [4.69, 9.17) is 0 Å². The second kappa shape index (κ2) is 6.48. The van der Waals surface area contributed by atoms with Crippen molar-refractivity contribution in [3.63, 3.8) is 0 Å². The molecule has 1 fully saturated rings. The number of hydrogen-bond acceptors (Lipinski definition) is 2. The van der Waals surface area contributed by atoms with Gasteiger partial charge >= 0.3 is 0 Å². The predicted molar refractivity (Wildman–Crippen MR) is 66.2 cm³/mol. The Balaban J connectivity index is 2.39. The number of halogens is 1. The zero-order chi connectivity index (χ0) is 11.3. The number of carbonyl (C=O) groups is 1. The molecule has 1 amide bonds. The molecule has 1 N–H and O–H groups in total. The van der Waals surface area contributed by atoms with E-state index in [2.05, 4.69) is 40.0 Å². The van der Waals surface area contributed by atoms with Crippen molar-refractivity contribution in [2.75, 3.05) is 25.0 Å². The molecule has 1 heterocycles. The molecule has 0 aromatic rings. The van der Waals surface area contributed by atoms with E-state index >= 15 is 0 Å². The van der Waals surface area contributed by atoms with Crippen LogP contribution in [0, 0.1) is 5.92 Å². The quantitative estimate of drug-likeness (QED) is 0.774. The SMILES string of the molecule is CC(C)C(CNC(=O)CBr)N1CCCC1. The number of alkyl halides is 1. The summed E-state index contributed by atoms with van der Waals surface area (Å²) in [5, 5.41) is 3.36. The van der Waals surface area contributed by atoms with Gasteiger partial charge in [0.1, 0.15) is 0 Å². The molecule has 0 aromatic heterocycles. The van der Waals surface area contributed by atoms with Gasteiger partial charge in [-0.05, 0) is 31.8 Å². The average Bonchev–Trinajstić information content (AvgIpc) is 2.70. The number of rotatable bonds is 5. The van der Waals surface area contributed by atoms with Crippen molar-refractivity contribution in [2.45, 2.75) is 32.7 Å². The van der Waals surface area contributed by atoms with Gasteiger partial charge in [0.15, 0.2) is 0 Å². The maximum atomic E-state index is 11.2. The highest BCUT2D eigenvalue weighted by atomic mass is 79.9. The first kappa shape index (κ1) is 13.0. The zero-order valence-electron chi connectivity index (χ0n) is 9.63. The van der Waals surface area contributed by atoms with E-state index in [1.165, 1.54) is 25.9 Å². The molecule has 0 spiro atoms. The lowest BCUT2D eigenvalue weighted by Gasteiger charge is -2.30. The summed E-state index contributed by atoms with van der Waals surface area (Å²) in [6.07, 6.45) is 2.60. The lowest BCUT2D eigenvalue weighted by atomic mass is 10.0. The van der Waals surface area contributed by atoms with Crippen LogP contribution in [0.4, 0.5) is 0 Å². The van der Waals surface area contributed by atoms with E-state index in [9.17, 15) is 4.79 Å². The average molecular weight is 277 g/mol. The molecule has 3 nitrogen and oxygen atoms in total. The second-order valence-corrected chi connectivity index (χ2v) is 5.05. The zero-order valence-corrected chi connectivity index (χ0v) is 11.2. The molecule has 1 aliphatic rings. The van der Waals surface area contributed by atoms with Gasteiger partial charge in [-0.15, -0.1) is 0 Å². The molecule has 0 aliphatic carbocycles. The van der Waals surface area contributed by atoms with Crippen LogP contribution < -0.4 is 5.32 Å². The Morgan fingerprint density at radius 1 is 1.40 bits per heavy atom. The van der Waals surface area contributed by atoms with Crippen molar-refractivity contribution in [1.82, 2.24) is 10.2 Å². The molecule has 1 unspecified atom stereocenters. The molecule has 4 heteroatoms. The molecule has 1 atom stereocenters. The van der Waals surface area contributed by atoms with Crippen LogP contribution >= 0.6 is 15.9 Å². The highest BCUT2D eigenvalue weighted by Crippen LogP contribution is 2.16. The minimum atomic E-state index is 0.0832. The Morgan fingerprint density at radius 3 is 2.47 bits per heavy atom. The standard InChI is InChI=1S/C11H21BrN2O/c1-9(2)10(8-13-11(15)7-12)14-5-3-4-6-14/h9-10H,3-8H2,1-2H3,(H,13,15). The molecule has 88 valence electrons. The molecule has 1 aliphatic heterocycles. The van der Waals surface area contributed by atoms with Crippen LogP contribution in [0.2, 0.25) is 0 Å². The van der Waals surface area contributed by atoms with Crippen molar-refractivity contribution >= 4 is 21.8 Å². The number of nitrogens with zero attached hydrogens (tertiary/aromatic N) is 1. The van der Waals surface area contributed by atoms with Crippen LogP contribution in [0.5, 0.6) is 0 Å². The molecule has 0 radical (unpaired) electrons. The summed E-state index contributed by atoms with van der Waals surface area (Å²) in [5.74, 6) is 0.679. The van der Waals surface area contributed by atoms with Crippen LogP contribution in [-0.4, -0.2) is 41.8 Å². The van der Waals surface area contributed by atoms with Gasteiger partial charge in [0.05, 0.1) is 5.33 Å². The van der Waals surface area contributed by atoms with E-state index in [1.54, 1.807) is 0 Å². The highest BCUT2D eigenvalue weighted by Gasteiger charge is 2.24. The van der Waals surface area contributed by atoms with Crippen molar-refractivity contribution in [2.24, 2.45) is 5.92 Å². The highest BCUT2D eigenvalue weighted by molar-refractivity contribution is 9.09. The molecule has 15 heavy (non-hydrogen) atoms. The third-order valence-corrected chi connectivity index (χ3v) is 3.52. The molecule has 1 saturated heterocycles. The maximum Gasteiger partial charge on any atom is 0.230 e. The summed E-state index contributed by atoms with van der Waals surface area (Å²) < 4.78 is 0. The smallest absolute Gasteiger partial charge is 0.230 e. The molecule has 1 rings (SSSR count). The van der Waals surface area contributed by atoms with Gasteiger partial charge in [-0.25, -0.2) is 0 Å². The Bertz CT molecular complexity index is 203. The normalized spacial score (nSPS) is 19.5. The molecular weight excluding hydrogens is 256 g/mol. The summed E-state index contributed by atoms with van der Waals surface area (Å²) in [4.78, 5) is 13.7. The lowest BCUT2D eigenvalue weighted by Crippen LogP contribution is -2.45. The van der Waals surface area contributed by atoms with Gasteiger partial charge in [0.2, 0.25) is 5.91 Å². The summed E-state index contributed by atoms with van der Waals surface area (Å²) in [7, 11) is 0. The summed E-state index contributed by atoms with van der Waals surface area (Å²) >= 11 is 3.16. The first-order chi connectivity index (χ1) is 7.15. The van der Waals surface area contributed by atoms with E-state index in [0.717, 1.165) is 6.54 Å². The van der Waals surface area contributed by atoms with Crippen LogP contribution in [0.25, 0.3) is 0 Å². The summed E-state index contributed by atoms with van der Waals surface area (Å²) in [6.45, 7) is 7.61. The Kier molecular flexibility index (Phi) is 5.61. The predicted octanol–water partition coefficient (Wildman–Crippen LogP) is 1.62. The molecule has 0 saturated carbocycles. The molecular formula is C11H21BrN2O. The van der Waals surface area contributed by atoms with Crippen LogP contribution in [0.3, 0.4) is 0 Å².